The second-order valence-corrected chi connectivity index (χ2v) is 3.36. The van der Waals surface area contributed by atoms with Crippen molar-refractivity contribution in [1.29, 1.82) is 0 Å². The third-order valence-corrected chi connectivity index (χ3v) is 2.01. The molecule has 16 heavy (non-hydrogen) atoms. The van der Waals surface area contributed by atoms with Crippen LogP contribution in [0.15, 0.2) is 12.4 Å². The lowest BCUT2D eigenvalue weighted by Crippen LogP contribution is -2.36. The maximum atomic E-state index is 12.2. The highest BCUT2D eigenvalue weighted by atomic mass is 19.4. The summed E-state index contributed by atoms with van der Waals surface area (Å²) in [4.78, 5) is 11.0. The Hall–Kier alpha value is -1.57. The predicted molar refractivity (Wildman–Crippen MR) is 48.7 cm³/mol. The van der Waals surface area contributed by atoms with Crippen molar-refractivity contribution in [2.24, 2.45) is 11.8 Å². The Morgan fingerprint density at radius 3 is 2.75 bits per heavy atom. The quantitative estimate of drug-likeness (QED) is 0.456. The van der Waals surface area contributed by atoms with E-state index in [1.54, 1.807) is 0 Å². The molecular weight excluding hydrogens is 225 g/mol. The van der Waals surface area contributed by atoms with Crippen LogP contribution in [0.1, 0.15) is 12.5 Å². The van der Waals surface area contributed by atoms with Crippen molar-refractivity contribution < 1.29 is 18.0 Å². The number of carbonyl (C=O) groups excluding carboxylic acids is 1. The van der Waals surface area contributed by atoms with Gasteiger partial charge in [0.05, 0.1) is 24.2 Å². The smallest absolute Gasteiger partial charge is 0.294 e. The monoisotopic (exact) mass is 236 g/mol. The number of rotatable bonds is 3. The maximum absolute atomic E-state index is 12.2. The van der Waals surface area contributed by atoms with E-state index in [1.807, 2.05) is 5.43 Å². The fourth-order valence-electron chi connectivity index (χ4n) is 1.12. The molecule has 0 radical (unpaired) electrons. The molecule has 0 aromatic carbocycles. The Morgan fingerprint density at radius 2 is 2.31 bits per heavy atom. The number of hydrogen-bond acceptors (Lipinski definition) is 3. The Bertz CT molecular complexity index is 374. The molecule has 8 heteroatoms. The van der Waals surface area contributed by atoms with Gasteiger partial charge in [0, 0.05) is 6.20 Å². The fraction of sp³-hybridized carbons (Fsp3) is 0.500. The Labute approximate surface area is 89.4 Å². The predicted octanol–water partition coefficient (Wildman–Crippen LogP) is 0.528. The van der Waals surface area contributed by atoms with Gasteiger partial charge in [0.1, 0.15) is 0 Å². The molecule has 0 fully saturated rings. The van der Waals surface area contributed by atoms with Crippen LogP contribution in [0.25, 0.3) is 0 Å². The van der Waals surface area contributed by atoms with Gasteiger partial charge in [-0.3, -0.25) is 14.9 Å². The Balaban J connectivity index is 2.69. The number of nitrogens with zero attached hydrogens (tertiary/aromatic N) is 2. The molecule has 1 rings (SSSR count). The largest absolute Gasteiger partial charge is 0.419 e. The molecule has 90 valence electrons. The van der Waals surface area contributed by atoms with Crippen LogP contribution in [0.5, 0.6) is 0 Å². The number of nitrogens with two attached hydrogens (primary N) is 1. The van der Waals surface area contributed by atoms with Crippen LogP contribution >= 0.6 is 0 Å². The van der Waals surface area contributed by atoms with Crippen LogP contribution in [0.3, 0.4) is 0 Å². The topological polar surface area (TPSA) is 72.9 Å². The highest BCUT2D eigenvalue weighted by Gasteiger charge is 2.32. The van der Waals surface area contributed by atoms with Crippen molar-refractivity contribution in [2.75, 3.05) is 0 Å². The molecule has 0 saturated heterocycles. The first-order valence-electron chi connectivity index (χ1n) is 4.44. The molecular formula is C8H11F3N4O. The number of hydrazine groups is 1. The van der Waals surface area contributed by atoms with E-state index in [-0.39, 0.29) is 6.54 Å². The first-order chi connectivity index (χ1) is 7.34. The summed E-state index contributed by atoms with van der Waals surface area (Å²) in [6.07, 6.45) is -2.86. The van der Waals surface area contributed by atoms with Crippen LogP contribution < -0.4 is 11.3 Å². The number of carbonyl (C=O) groups is 1. The lowest BCUT2D eigenvalue weighted by Gasteiger charge is -2.09. The van der Waals surface area contributed by atoms with E-state index >= 15 is 0 Å². The molecule has 1 aromatic rings. The molecule has 1 unspecified atom stereocenters. The maximum Gasteiger partial charge on any atom is 0.419 e. The summed E-state index contributed by atoms with van der Waals surface area (Å²) in [5, 5.41) is 3.52. The minimum absolute atomic E-state index is 0.0408. The third-order valence-electron chi connectivity index (χ3n) is 2.01. The number of halogens is 3. The molecule has 0 spiro atoms. The molecule has 0 aliphatic rings. The molecule has 3 N–H and O–H groups in total. The molecule has 1 aromatic heterocycles. The number of nitrogens with one attached hydrogen (secondary N) is 1. The van der Waals surface area contributed by atoms with Crippen molar-refractivity contribution in [1.82, 2.24) is 15.2 Å². The van der Waals surface area contributed by atoms with Crippen LogP contribution in [0.4, 0.5) is 13.2 Å². The SMILES string of the molecule is CC(Cn1cc(C(F)(F)F)cn1)C(=O)NN. The van der Waals surface area contributed by atoms with Gasteiger partial charge < -0.3 is 0 Å². The number of amides is 1. The van der Waals surface area contributed by atoms with E-state index in [1.165, 1.54) is 6.92 Å². The van der Waals surface area contributed by atoms with Crippen LogP contribution in [0.2, 0.25) is 0 Å². The standard InChI is InChI=1S/C8H11F3N4O/c1-5(7(16)14-12)3-15-4-6(2-13-15)8(9,10)11/h2,4-5H,3,12H2,1H3,(H,14,16). The summed E-state index contributed by atoms with van der Waals surface area (Å²) >= 11 is 0. The lowest BCUT2D eigenvalue weighted by atomic mass is 10.2. The summed E-state index contributed by atoms with van der Waals surface area (Å²) < 4.78 is 37.7. The summed E-state index contributed by atoms with van der Waals surface area (Å²) in [5.41, 5.74) is 1.08. The van der Waals surface area contributed by atoms with Crippen LogP contribution in [-0.2, 0) is 17.5 Å². The van der Waals surface area contributed by atoms with Crippen molar-refractivity contribution in [3.63, 3.8) is 0 Å². The first kappa shape index (κ1) is 12.5. The van der Waals surface area contributed by atoms with Crippen molar-refractivity contribution in [3.8, 4) is 0 Å². The number of aromatic nitrogens is 2. The molecule has 5 nitrogen and oxygen atoms in total. The lowest BCUT2D eigenvalue weighted by molar-refractivity contribution is -0.137. The molecule has 0 aliphatic heterocycles. The zero-order valence-electron chi connectivity index (χ0n) is 8.45. The average molecular weight is 236 g/mol. The molecule has 0 saturated carbocycles. The van der Waals surface area contributed by atoms with Gasteiger partial charge in [-0.2, -0.15) is 18.3 Å². The van der Waals surface area contributed by atoms with E-state index < -0.39 is 23.6 Å². The highest BCUT2D eigenvalue weighted by Crippen LogP contribution is 2.28. The third kappa shape index (κ3) is 2.96. The van der Waals surface area contributed by atoms with Gasteiger partial charge >= 0.3 is 6.18 Å². The van der Waals surface area contributed by atoms with Gasteiger partial charge in [-0.15, -0.1) is 0 Å². The normalized spacial score (nSPS) is 13.6. The highest BCUT2D eigenvalue weighted by molar-refractivity contribution is 5.77. The van der Waals surface area contributed by atoms with E-state index in [9.17, 15) is 18.0 Å². The van der Waals surface area contributed by atoms with E-state index in [4.69, 9.17) is 5.84 Å². The summed E-state index contributed by atoms with van der Waals surface area (Å²) in [6, 6.07) is 0. The summed E-state index contributed by atoms with van der Waals surface area (Å²) in [7, 11) is 0. The van der Waals surface area contributed by atoms with Gasteiger partial charge in [0.2, 0.25) is 5.91 Å². The zero-order chi connectivity index (χ0) is 12.3. The van der Waals surface area contributed by atoms with Crippen LogP contribution in [-0.4, -0.2) is 15.7 Å². The van der Waals surface area contributed by atoms with Crippen LogP contribution in [0, 0.1) is 5.92 Å². The minimum atomic E-state index is -4.42. The molecule has 1 atom stereocenters. The van der Waals surface area contributed by atoms with Crippen molar-refractivity contribution in [2.45, 2.75) is 19.6 Å². The van der Waals surface area contributed by atoms with E-state index in [0.29, 0.717) is 6.20 Å². The molecule has 0 bridgehead atoms. The van der Waals surface area contributed by atoms with E-state index in [0.717, 1.165) is 10.9 Å². The van der Waals surface area contributed by atoms with Crippen molar-refractivity contribution >= 4 is 5.91 Å². The summed E-state index contributed by atoms with van der Waals surface area (Å²) in [6.45, 7) is 1.58. The molecule has 1 heterocycles. The zero-order valence-corrected chi connectivity index (χ0v) is 8.45. The average Bonchev–Trinajstić information content (AvgIpc) is 2.64. The van der Waals surface area contributed by atoms with Gasteiger partial charge in [-0.1, -0.05) is 6.92 Å². The fourth-order valence-corrected chi connectivity index (χ4v) is 1.12. The van der Waals surface area contributed by atoms with Gasteiger partial charge in [0.25, 0.3) is 0 Å². The van der Waals surface area contributed by atoms with Gasteiger partial charge in [-0.25, -0.2) is 5.84 Å². The Morgan fingerprint density at radius 1 is 1.69 bits per heavy atom. The van der Waals surface area contributed by atoms with Gasteiger partial charge in [-0.05, 0) is 0 Å². The van der Waals surface area contributed by atoms with Gasteiger partial charge in [0.15, 0.2) is 0 Å². The molecule has 1 amide bonds. The minimum Gasteiger partial charge on any atom is -0.294 e. The first-order valence-corrected chi connectivity index (χ1v) is 4.44. The summed E-state index contributed by atoms with van der Waals surface area (Å²) in [5.74, 6) is 3.89. The number of alkyl halides is 3. The number of hydrogen-bond donors (Lipinski definition) is 2. The van der Waals surface area contributed by atoms with E-state index in [2.05, 4.69) is 5.10 Å². The second-order valence-electron chi connectivity index (χ2n) is 3.36. The Kier molecular flexibility index (Phi) is 3.53. The van der Waals surface area contributed by atoms with Crippen molar-refractivity contribution in [3.05, 3.63) is 18.0 Å². The second kappa shape index (κ2) is 4.52. The molecule has 0 aliphatic carbocycles.